The third-order valence-electron chi connectivity index (χ3n) is 2.85. The highest BCUT2D eigenvalue weighted by atomic mass is 16.4. The Kier molecular flexibility index (Phi) is 3.27. The number of rotatable bonds is 4. The molecular formula is C12H14N2O3. The van der Waals surface area contributed by atoms with Gasteiger partial charge in [0.2, 0.25) is 0 Å². The number of carboxylic acids is 1. The number of hydrogen-bond donors (Lipinski definition) is 2. The van der Waals surface area contributed by atoms with E-state index in [2.05, 4.69) is 5.32 Å². The molecule has 17 heavy (non-hydrogen) atoms. The van der Waals surface area contributed by atoms with Crippen LogP contribution in [0.15, 0.2) is 30.3 Å². The quantitative estimate of drug-likeness (QED) is 0.812. The molecule has 0 aromatic heterocycles. The average molecular weight is 234 g/mol. The summed E-state index contributed by atoms with van der Waals surface area (Å²) in [7, 11) is 0. The zero-order valence-corrected chi connectivity index (χ0v) is 9.30. The second kappa shape index (κ2) is 4.86. The number of carbonyl (C=O) groups is 2. The number of hydrogen-bond acceptors (Lipinski definition) is 2. The molecular weight excluding hydrogens is 220 g/mol. The SMILES string of the molecule is O=C(O)C(CN1CCNC1=O)c1ccccc1. The Morgan fingerprint density at radius 3 is 2.65 bits per heavy atom. The van der Waals surface area contributed by atoms with E-state index in [1.807, 2.05) is 6.07 Å². The van der Waals surface area contributed by atoms with E-state index in [4.69, 9.17) is 0 Å². The number of aliphatic carboxylic acids is 1. The Bertz CT molecular complexity index is 419. The van der Waals surface area contributed by atoms with Gasteiger partial charge in [0.05, 0.1) is 5.92 Å². The summed E-state index contributed by atoms with van der Waals surface area (Å²) in [6.45, 7) is 1.36. The fourth-order valence-electron chi connectivity index (χ4n) is 1.92. The summed E-state index contributed by atoms with van der Waals surface area (Å²) >= 11 is 0. The van der Waals surface area contributed by atoms with Crippen molar-refractivity contribution in [1.82, 2.24) is 10.2 Å². The predicted molar refractivity (Wildman–Crippen MR) is 61.8 cm³/mol. The van der Waals surface area contributed by atoms with E-state index < -0.39 is 11.9 Å². The molecule has 0 spiro atoms. The van der Waals surface area contributed by atoms with E-state index in [1.165, 1.54) is 4.90 Å². The second-order valence-corrected chi connectivity index (χ2v) is 3.98. The van der Waals surface area contributed by atoms with Crippen LogP contribution in [0.3, 0.4) is 0 Å². The van der Waals surface area contributed by atoms with E-state index in [0.29, 0.717) is 13.1 Å². The first-order valence-corrected chi connectivity index (χ1v) is 5.49. The highest BCUT2D eigenvalue weighted by molar-refractivity contribution is 5.80. The summed E-state index contributed by atoms with van der Waals surface area (Å²) in [6, 6.07) is 8.79. The summed E-state index contributed by atoms with van der Waals surface area (Å²) in [5, 5.41) is 11.9. The molecule has 2 rings (SSSR count). The van der Waals surface area contributed by atoms with Crippen molar-refractivity contribution in [1.29, 1.82) is 0 Å². The van der Waals surface area contributed by atoms with Crippen LogP contribution in [0.5, 0.6) is 0 Å². The lowest BCUT2D eigenvalue weighted by atomic mass is 9.99. The van der Waals surface area contributed by atoms with Crippen molar-refractivity contribution in [2.75, 3.05) is 19.6 Å². The van der Waals surface area contributed by atoms with Crippen LogP contribution in [-0.4, -0.2) is 41.6 Å². The Hall–Kier alpha value is -2.04. The van der Waals surface area contributed by atoms with E-state index in [0.717, 1.165) is 5.56 Å². The van der Waals surface area contributed by atoms with Crippen LogP contribution < -0.4 is 5.32 Å². The number of amides is 2. The largest absolute Gasteiger partial charge is 0.481 e. The van der Waals surface area contributed by atoms with E-state index >= 15 is 0 Å². The van der Waals surface area contributed by atoms with Crippen molar-refractivity contribution in [2.24, 2.45) is 0 Å². The number of urea groups is 1. The van der Waals surface area contributed by atoms with Crippen LogP contribution in [0.2, 0.25) is 0 Å². The number of carbonyl (C=O) groups excluding carboxylic acids is 1. The van der Waals surface area contributed by atoms with Gasteiger partial charge in [-0.3, -0.25) is 4.79 Å². The third kappa shape index (κ3) is 2.55. The number of benzene rings is 1. The van der Waals surface area contributed by atoms with E-state index in [9.17, 15) is 14.7 Å². The molecule has 1 saturated heterocycles. The Labute approximate surface area is 99.0 Å². The van der Waals surface area contributed by atoms with Crippen molar-refractivity contribution in [2.45, 2.75) is 5.92 Å². The lowest BCUT2D eigenvalue weighted by molar-refractivity contribution is -0.139. The van der Waals surface area contributed by atoms with Crippen molar-refractivity contribution < 1.29 is 14.7 Å². The highest BCUT2D eigenvalue weighted by Crippen LogP contribution is 2.18. The molecule has 1 atom stereocenters. The molecule has 5 nitrogen and oxygen atoms in total. The summed E-state index contributed by atoms with van der Waals surface area (Å²) in [5.41, 5.74) is 0.722. The topological polar surface area (TPSA) is 69.6 Å². The fourth-order valence-corrected chi connectivity index (χ4v) is 1.92. The summed E-state index contributed by atoms with van der Waals surface area (Å²) in [6.07, 6.45) is 0. The molecule has 1 fully saturated rings. The molecule has 1 unspecified atom stereocenters. The monoisotopic (exact) mass is 234 g/mol. The Morgan fingerprint density at radius 2 is 2.12 bits per heavy atom. The lowest BCUT2D eigenvalue weighted by Gasteiger charge is -2.20. The minimum atomic E-state index is -0.907. The number of nitrogens with one attached hydrogen (secondary N) is 1. The third-order valence-corrected chi connectivity index (χ3v) is 2.85. The Balaban J connectivity index is 2.13. The van der Waals surface area contributed by atoms with Crippen LogP contribution in [0.4, 0.5) is 4.79 Å². The first-order valence-electron chi connectivity index (χ1n) is 5.49. The first kappa shape index (κ1) is 11.4. The van der Waals surface area contributed by atoms with Crippen molar-refractivity contribution in [3.63, 3.8) is 0 Å². The summed E-state index contributed by atoms with van der Waals surface area (Å²) in [5.74, 6) is -1.57. The molecule has 0 bridgehead atoms. The number of carboxylic acid groups (broad SMARTS) is 1. The van der Waals surface area contributed by atoms with E-state index in [-0.39, 0.29) is 12.6 Å². The standard InChI is InChI=1S/C12H14N2O3/c15-11(16)10(9-4-2-1-3-5-9)8-14-7-6-13-12(14)17/h1-5,10H,6-8H2,(H,13,17)(H,15,16). The molecule has 0 radical (unpaired) electrons. The van der Waals surface area contributed by atoms with Gasteiger partial charge in [-0.05, 0) is 5.56 Å². The van der Waals surface area contributed by atoms with Crippen molar-refractivity contribution >= 4 is 12.0 Å². The normalized spacial score (nSPS) is 16.7. The minimum absolute atomic E-state index is 0.188. The van der Waals surface area contributed by atoms with Gasteiger partial charge in [-0.2, -0.15) is 0 Å². The van der Waals surface area contributed by atoms with Gasteiger partial charge < -0.3 is 15.3 Å². The van der Waals surface area contributed by atoms with Gasteiger partial charge in [-0.1, -0.05) is 30.3 Å². The maximum absolute atomic E-state index is 11.4. The van der Waals surface area contributed by atoms with Gasteiger partial charge in [-0.15, -0.1) is 0 Å². The molecule has 2 amide bonds. The van der Waals surface area contributed by atoms with Crippen LogP contribution in [-0.2, 0) is 4.79 Å². The number of nitrogens with zero attached hydrogens (tertiary/aromatic N) is 1. The first-order chi connectivity index (χ1) is 8.18. The van der Waals surface area contributed by atoms with Crippen molar-refractivity contribution in [3.05, 3.63) is 35.9 Å². The van der Waals surface area contributed by atoms with Crippen LogP contribution >= 0.6 is 0 Å². The van der Waals surface area contributed by atoms with E-state index in [1.54, 1.807) is 24.3 Å². The van der Waals surface area contributed by atoms with Gasteiger partial charge in [0.1, 0.15) is 0 Å². The predicted octanol–water partition coefficient (Wildman–Crippen LogP) is 0.880. The van der Waals surface area contributed by atoms with Gasteiger partial charge in [0.15, 0.2) is 0 Å². The smallest absolute Gasteiger partial charge is 0.317 e. The molecule has 2 N–H and O–H groups in total. The van der Waals surface area contributed by atoms with Crippen LogP contribution in [0.1, 0.15) is 11.5 Å². The van der Waals surface area contributed by atoms with Crippen LogP contribution in [0.25, 0.3) is 0 Å². The Morgan fingerprint density at radius 1 is 1.41 bits per heavy atom. The maximum Gasteiger partial charge on any atom is 0.317 e. The van der Waals surface area contributed by atoms with Crippen molar-refractivity contribution in [3.8, 4) is 0 Å². The fraction of sp³-hybridized carbons (Fsp3) is 0.333. The molecule has 0 saturated carbocycles. The molecule has 1 aromatic rings. The molecule has 5 heteroatoms. The van der Waals surface area contributed by atoms with Gasteiger partial charge in [-0.25, -0.2) is 4.79 Å². The lowest BCUT2D eigenvalue weighted by Crippen LogP contribution is -2.34. The molecule has 1 aliphatic rings. The maximum atomic E-state index is 11.4. The molecule has 1 aromatic carbocycles. The average Bonchev–Trinajstić information content (AvgIpc) is 2.72. The molecule has 1 aliphatic heterocycles. The molecule has 90 valence electrons. The molecule has 0 aliphatic carbocycles. The zero-order chi connectivity index (χ0) is 12.3. The van der Waals surface area contributed by atoms with Gasteiger partial charge in [0.25, 0.3) is 0 Å². The van der Waals surface area contributed by atoms with Gasteiger partial charge >= 0.3 is 12.0 Å². The summed E-state index contributed by atoms with van der Waals surface area (Å²) in [4.78, 5) is 24.2. The zero-order valence-electron chi connectivity index (χ0n) is 9.30. The molecule has 1 heterocycles. The second-order valence-electron chi connectivity index (χ2n) is 3.98. The minimum Gasteiger partial charge on any atom is -0.481 e. The van der Waals surface area contributed by atoms with Gasteiger partial charge in [0, 0.05) is 19.6 Å². The van der Waals surface area contributed by atoms with Crippen LogP contribution in [0, 0.1) is 0 Å². The summed E-state index contributed by atoms with van der Waals surface area (Å²) < 4.78 is 0. The highest BCUT2D eigenvalue weighted by Gasteiger charge is 2.27.